The number of hydrogen-bond donors (Lipinski definition) is 1. The minimum Gasteiger partial charge on any atom is -0.319 e. The van der Waals surface area contributed by atoms with Crippen molar-refractivity contribution in [2.45, 2.75) is 25.4 Å². The molecule has 3 amide bonds. The van der Waals surface area contributed by atoms with Crippen molar-refractivity contribution in [2.75, 3.05) is 13.2 Å². The summed E-state index contributed by atoms with van der Waals surface area (Å²) in [6, 6.07) is 4.76. The first-order valence-electron chi connectivity index (χ1n) is 8.26. The van der Waals surface area contributed by atoms with Gasteiger partial charge in [0.1, 0.15) is 5.54 Å². The smallest absolute Gasteiger partial charge is 0.319 e. The molecule has 8 heteroatoms. The Balaban J connectivity index is 1.54. The third kappa shape index (κ3) is 2.69. The summed E-state index contributed by atoms with van der Waals surface area (Å²) in [6.45, 7) is 3.11. The molecule has 2 aliphatic rings. The zero-order valence-corrected chi connectivity index (χ0v) is 14.9. The third-order valence-corrected chi connectivity index (χ3v) is 6.02. The van der Waals surface area contributed by atoms with E-state index in [-0.39, 0.29) is 12.2 Å². The van der Waals surface area contributed by atoms with Crippen molar-refractivity contribution in [1.29, 1.82) is 0 Å². The van der Waals surface area contributed by atoms with Crippen LogP contribution in [0.2, 0.25) is 0 Å². The molecule has 1 saturated heterocycles. The van der Waals surface area contributed by atoms with E-state index < -0.39 is 29.1 Å². The lowest BCUT2D eigenvalue weighted by Gasteiger charge is -2.30. The maximum Gasteiger partial charge on any atom is 0.326 e. The zero-order chi connectivity index (χ0) is 18.5. The summed E-state index contributed by atoms with van der Waals surface area (Å²) in [5.74, 6) is -2.51. The van der Waals surface area contributed by atoms with Crippen molar-refractivity contribution in [3.8, 4) is 0 Å². The summed E-state index contributed by atoms with van der Waals surface area (Å²) in [4.78, 5) is 29.8. The van der Waals surface area contributed by atoms with Gasteiger partial charge in [-0.3, -0.25) is 9.69 Å². The summed E-state index contributed by atoms with van der Waals surface area (Å²) >= 11 is 1.72. The molecule has 0 bridgehead atoms. The first kappa shape index (κ1) is 17.1. The van der Waals surface area contributed by atoms with Crippen LogP contribution in [0.3, 0.4) is 0 Å². The monoisotopic (exact) mass is 377 g/mol. The molecule has 4 rings (SSSR count). The van der Waals surface area contributed by atoms with Gasteiger partial charge < -0.3 is 5.32 Å². The van der Waals surface area contributed by atoms with Crippen LogP contribution in [0.25, 0.3) is 0 Å². The Kier molecular flexibility index (Phi) is 4.04. The molecule has 5 nitrogen and oxygen atoms in total. The van der Waals surface area contributed by atoms with E-state index >= 15 is 0 Å². The van der Waals surface area contributed by atoms with Gasteiger partial charge >= 0.3 is 6.03 Å². The highest BCUT2D eigenvalue weighted by Crippen LogP contribution is 2.31. The molecule has 0 radical (unpaired) electrons. The van der Waals surface area contributed by atoms with Crippen LogP contribution in [0.4, 0.5) is 13.6 Å². The number of benzene rings is 1. The van der Waals surface area contributed by atoms with Gasteiger partial charge in [0.2, 0.25) is 0 Å². The number of rotatable bonds is 3. The van der Waals surface area contributed by atoms with Gasteiger partial charge in [0.05, 0.1) is 6.67 Å². The lowest BCUT2D eigenvalue weighted by atomic mass is 9.92. The quantitative estimate of drug-likeness (QED) is 0.837. The number of imide groups is 1. The highest BCUT2D eigenvalue weighted by Gasteiger charge is 2.49. The van der Waals surface area contributed by atoms with E-state index in [0.717, 1.165) is 30.0 Å². The van der Waals surface area contributed by atoms with Crippen LogP contribution in [0, 0.1) is 11.6 Å². The van der Waals surface area contributed by atoms with Crippen LogP contribution in [0.15, 0.2) is 29.6 Å². The van der Waals surface area contributed by atoms with Crippen LogP contribution in [-0.4, -0.2) is 35.0 Å². The third-order valence-electron chi connectivity index (χ3n) is 5.00. The van der Waals surface area contributed by atoms with Crippen molar-refractivity contribution in [1.82, 2.24) is 15.1 Å². The molecular formula is C18H17F2N3O2S. The number of nitrogens with zero attached hydrogens (tertiary/aromatic N) is 2. The van der Waals surface area contributed by atoms with Gasteiger partial charge in [-0.15, -0.1) is 11.3 Å². The Hall–Kier alpha value is -2.32. The van der Waals surface area contributed by atoms with Gasteiger partial charge in [-0.25, -0.2) is 18.5 Å². The molecule has 1 aromatic heterocycles. The highest BCUT2D eigenvalue weighted by atomic mass is 32.1. The molecule has 1 N–H and O–H groups in total. The fraction of sp³-hybridized carbons (Fsp3) is 0.333. The second-order valence-corrected chi connectivity index (χ2v) is 7.73. The number of halogens is 2. The number of carbonyl (C=O) groups is 2. The highest BCUT2D eigenvalue weighted by molar-refractivity contribution is 7.10. The number of nitrogens with one attached hydrogen (secondary N) is 1. The average molecular weight is 377 g/mol. The Labute approximate surface area is 153 Å². The molecule has 0 aliphatic carbocycles. The van der Waals surface area contributed by atoms with Crippen LogP contribution in [0.5, 0.6) is 0 Å². The van der Waals surface area contributed by atoms with E-state index in [2.05, 4.69) is 11.4 Å². The molecule has 26 heavy (non-hydrogen) atoms. The summed E-state index contributed by atoms with van der Waals surface area (Å²) < 4.78 is 26.8. The summed E-state index contributed by atoms with van der Waals surface area (Å²) in [6.07, 6.45) is 0.886. The van der Waals surface area contributed by atoms with Gasteiger partial charge in [0, 0.05) is 18.0 Å². The van der Waals surface area contributed by atoms with Crippen LogP contribution < -0.4 is 5.32 Å². The minimum atomic E-state index is -1.41. The van der Waals surface area contributed by atoms with Gasteiger partial charge in [0.15, 0.2) is 11.6 Å². The molecule has 136 valence electrons. The largest absolute Gasteiger partial charge is 0.326 e. The van der Waals surface area contributed by atoms with E-state index in [1.165, 1.54) is 23.4 Å². The van der Waals surface area contributed by atoms with E-state index in [9.17, 15) is 18.4 Å². The lowest BCUT2D eigenvalue weighted by molar-refractivity contribution is -0.132. The second kappa shape index (κ2) is 6.14. The summed E-state index contributed by atoms with van der Waals surface area (Å²) in [7, 11) is 0. The van der Waals surface area contributed by atoms with Crippen molar-refractivity contribution in [3.05, 3.63) is 57.3 Å². The maximum atomic E-state index is 13.6. The minimum absolute atomic E-state index is 0.166. The molecule has 1 atom stereocenters. The van der Waals surface area contributed by atoms with Gasteiger partial charge in [-0.05, 0) is 48.1 Å². The fourth-order valence-corrected chi connectivity index (χ4v) is 4.35. The number of urea groups is 1. The number of carbonyl (C=O) groups excluding carboxylic acids is 2. The van der Waals surface area contributed by atoms with Crippen molar-refractivity contribution < 1.29 is 18.4 Å². The summed E-state index contributed by atoms with van der Waals surface area (Å²) in [5, 5.41) is 4.66. The normalized spacial score (nSPS) is 23.3. The number of thiophene rings is 1. The molecule has 2 aliphatic heterocycles. The molecule has 0 saturated carbocycles. The number of amides is 3. The molecule has 2 aromatic rings. The molecule has 1 aromatic carbocycles. The first-order valence-corrected chi connectivity index (χ1v) is 9.13. The van der Waals surface area contributed by atoms with Crippen molar-refractivity contribution >= 4 is 23.3 Å². The Bertz CT molecular complexity index is 900. The molecule has 1 fully saturated rings. The standard InChI is InChI=1S/C18H17F2N3O2S/c1-18(12-2-3-13(19)14(20)8-12)16(24)23(17(25)21-18)10-22-6-4-15-11(9-22)5-7-26-15/h2-3,5,7-8H,4,6,9-10H2,1H3,(H,21,25)/t18-/m1/s1. The van der Waals surface area contributed by atoms with E-state index in [1.54, 1.807) is 11.3 Å². The van der Waals surface area contributed by atoms with Crippen molar-refractivity contribution in [3.63, 3.8) is 0 Å². The molecule has 0 spiro atoms. The Morgan fingerprint density at radius 1 is 1.23 bits per heavy atom. The van der Waals surface area contributed by atoms with Crippen LogP contribution >= 0.6 is 11.3 Å². The topological polar surface area (TPSA) is 52.7 Å². The van der Waals surface area contributed by atoms with Gasteiger partial charge in [-0.2, -0.15) is 0 Å². The predicted molar refractivity (Wildman–Crippen MR) is 92.4 cm³/mol. The second-order valence-electron chi connectivity index (χ2n) is 6.73. The lowest BCUT2D eigenvalue weighted by Crippen LogP contribution is -2.45. The number of fused-ring (bicyclic) bond motifs is 1. The van der Waals surface area contributed by atoms with E-state index in [4.69, 9.17) is 0 Å². The first-order chi connectivity index (χ1) is 12.4. The Morgan fingerprint density at radius 2 is 2.04 bits per heavy atom. The van der Waals surface area contributed by atoms with Crippen molar-refractivity contribution in [2.24, 2.45) is 0 Å². The zero-order valence-electron chi connectivity index (χ0n) is 14.1. The Morgan fingerprint density at radius 3 is 2.81 bits per heavy atom. The van der Waals surface area contributed by atoms with E-state index in [1.807, 2.05) is 10.3 Å². The van der Waals surface area contributed by atoms with E-state index in [0.29, 0.717) is 6.54 Å². The fourth-order valence-electron chi connectivity index (χ4n) is 3.46. The maximum absolute atomic E-state index is 13.6. The average Bonchev–Trinajstić information content (AvgIpc) is 3.16. The van der Waals surface area contributed by atoms with Crippen LogP contribution in [-0.2, 0) is 23.3 Å². The summed E-state index contributed by atoms with van der Waals surface area (Å²) in [5.41, 5.74) is 0.0299. The molecule has 3 heterocycles. The SMILES string of the molecule is C[C@]1(c2ccc(F)c(F)c2)NC(=O)N(CN2CCc3sccc3C2)C1=O. The van der Waals surface area contributed by atoms with Gasteiger partial charge in [-0.1, -0.05) is 6.07 Å². The molecular weight excluding hydrogens is 360 g/mol. The number of hydrogen-bond acceptors (Lipinski definition) is 4. The predicted octanol–water partition coefficient (Wildman–Crippen LogP) is 2.81. The van der Waals surface area contributed by atoms with Gasteiger partial charge in [0.25, 0.3) is 5.91 Å². The molecule has 0 unspecified atom stereocenters. The van der Waals surface area contributed by atoms with Crippen LogP contribution in [0.1, 0.15) is 22.9 Å².